The van der Waals surface area contributed by atoms with Crippen LogP contribution in [0.4, 0.5) is 10.5 Å². The first kappa shape index (κ1) is 55.8. The monoisotopic (exact) mass is 753 g/mol. The molecule has 16 heteroatoms. The molecule has 0 aliphatic carbocycles. The zero-order chi connectivity index (χ0) is 38.3. The molecule has 0 heterocycles. The molecule has 0 aromatic heterocycles. The number of methoxy groups -OCH3 is 1. The summed E-state index contributed by atoms with van der Waals surface area (Å²) in [6.45, 7) is 17.1. The van der Waals surface area contributed by atoms with Crippen LogP contribution in [0.25, 0.3) is 0 Å². The van der Waals surface area contributed by atoms with Crippen molar-refractivity contribution in [1.29, 1.82) is 0 Å². The molecule has 0 saturated carbocycles. The van der Waals surface area contributed by atoms with Crippen molar-refractivity contribution in [2.24, 2.45) is 5.73 Å². The minimum absolute atomic E-state index is 0. The molecule has 0 radical (unpaired) electrons. The Morgan fingerprint density at radius 1 is 0.843 bits per heavy atom. The SMILES string of the molecule is CC.CCC.CCC=O.[CH2-]COCCOCCOCCOCCC(=O)NCC(=O)NC(CCCNC(N)=O)C(=O)Nc1ccc(COC)cc1.[K+]. The van der Waals surface area contributed by atoms with Gasteiger partial charge in [0.05, 0.1) is 59.4 Å². The standard InChI is InChI=1S/C27H44N5O9.C3H6O.C3H8.C2H6.K/c1-3-38-13-14-40-17-18-41-16-15-39-12-10-24(33)30-19-25(34)32-23(5-4-11-29-27(28)36)26(35)31-22-8-6-21(7-9-22)20-37-2;1-2-3-4;1-3-2;1-2;/h6-9,23H,1,3-5,10-20H2,2H3,(H,30,33)(H,31,35)(H,32,34)(H3,28,29,36);3H,2H2,1H3;3H2,1-2H3;1-2H3;/q-1;;;;+1. The smallest absolute Gasteiger partial charge is 0.411 e. The predicted octanol–water partition coefficient (Wildman–Crippen LogP) is 0.153. The fourth-order valence-electron chi connectivity index (χ4n) is 3.31. The number of urea groups is 1. The second-order valence-electron chi connectivity index (χ2n) is 9.93. The number of nitrogens with one attached hydrogen (secondary N) is 4. The first-order valence-electron chi connectivity index (χ1n) is 17.2. The molecule has 0 spiro atoms. The zero-order valence-corrected chi connectivity index (χ0v) is 35.3. The number of carbonyl (C=O) groups is 5. The van der Waals surface area contributed by atoms with Gasteiger partial charge >= 0.3 is 57.4 Å². The van der Waals surface area contributed by atoms with Gasteiger partial charge in [-0.1, -0.05) is 59.8 Å². The summed E-state index contributed by atoms with van der Waals surface area (Å²) in [6.07, 6.45) is 3.45. The van der Waals surface area contributed by atoms with E-state index in [9.17, 15) is 24.0 Å². The van der Waals surface area contributed by atoms with Gasteiger partial charge < -0.3 is 62.4 Å². The van der Waals surface area contributed by atoms with Crippen molar-refractivity contribution in [1.82, 2.24) is 16.0 Å². The molecule has 1 aromatic rings. The first-order valence-corrected chi connectivity index (χ1v) is 17.2. The van der Waals surface area contributed by atoms with Gasteiger partial charge in [-0.05, 0) is 30.5 Å². The van der Waals surface area contributed by atoms with Crippen molar-refractivity contribution in [3.63, 3.8) is 0 Å². The van der Waals surface area contributed by atoms with E-state index in [0.29, 0.717) is 71.4 Å². The van der Waals surface area contributed by atoms with Crippen LogP contribution in [0.2, 0.25) is 0 Å². The molecule has 0 fully saturated rings. The average molecular weight is 754 g/mol. The second-order valence-corrected chi connectivity index (χ2v) is 9.93. The molecule has 0 bridgehead atoms. The molecule has 0 saturated heterocycles. The number of rotatable bonds is 25. The summed E-state index contributed by atoms with van der Waals surface area (Å²) >= 11 is 0. The van der Waals surface area contributed by atoms with Gasteiger partial charge in [0.2, 0.25) is 17.7 Å². The Kier molecular flexibility index (Phi) is 48.3. The Morgan fingerprint density at radius 2 is 1.35 bits per heavy atom. The molecule has 6 N–H and O–H groups in total. The molecule has 1 rings (SSSR count). The number of aldehydes is 1. The van der Waals surface area contributed by atoms with Crippen LogP contribution in [-0.4, -0.2) is 109 Å². The average Bonchev–Trinajstić information content (AvgIpc) is 3.11. The summed E-state index contributed by atoms with van der Waals surface area (Å²) in [5.41, 5.74) is 6.56. The summed E-state index contributed by atoms with van der Waals surface area (Å²) in [7, 11) is 1.59. The van der Waals surface area contributed by atoms with Crippen molar-refractivity contribution >= 4 is 35.7 Å². The quantitative estimate of drug-likeness (QED) is 0.0396. The molecule has 0 aliphatic rings. The third-order valence-electron chi connectivity index (χ3n) is 5.50. The molecule has 1 aromatic carbocycles. The van der Waals surface area contributed by atoms with E-state index in [1.54, 1.807) is 19.2 Å². The Morgan fingerprint density at radius 3 is 1.82 bits per heavy atom. The minimum Gasteiger partial charge on any atom is -0.411 e. The maximum absolute atomic E-state index is 12.9. The van der Waals surface area contributed by atoms with E-state index in [4.69, 9.17) is 29.4 Å². The summed E-state index contributed by atoms with van der Waals surface area (Å²) in [6, 6.07) is 5.51. The summed E-state index contributed by atoms with van der Waals surface area (Å²) < 4.78 is 26.2. The van der Waals surface area contributed by atoms with Gasteiger partial charge in [-0.2, -0.15) is 0 Å². The van der Waals surface area contributed by atoms with Gasteiger partial charge in [-0.3, -0.25) is 14.4 Å². The van der Waals surface area contributed by atoms with Gasteiger partial charge in [0.1, 0.15) is 12.3 Å². The molecule has 5 amide bonds. The normalized spacial score (nSPS) is 10.2. The van der Waals surface area contributed by atoms with Gasteiger partial charge in [-0.25, -0.2) is 4.79 Å². The van der Waals surface area contributed by atoms with Crippen LogP contribution in [-0.2, 0) is 49.5 Å². The van der Waals surface area contributed by atoms with Gasteiger partial charge in [0, 0.05) is 32.2 Å². The van der Waals surface area contributed by atoms with Crippen molar-refractivity contribution in [2.75, 3.05) is 78.4 Å². The van der Waals surface area contributed by atoms with E-state index in [1.165, 1.54) is 6.42 Å². The van der Waals surface area contributed by atoms with E-state index in [1.807, 2.05) is 32.9 Å². The number of primary amides is 1. The number of hydrogen-bond donors (Lipinski definition) is 5. The zero-order valence-electron chi connectivity index (χ0n) is 32.1. The van der Waals surface area contributed by atoms with Crippen LogP contribution >= 0.6 is 0 Å². The number of ether oxygens (including phenoxy) is 5. The van der Waals surface area contributed by atoms with Crippen molar-refractivity contribution in [2.45, 2.75) is 79.4 Å². The van der Waals surface area contributed by atoms with Crippen LogP contribution in [0, 0.1) is 6.92 Å². The van der Waals surface area contributed by atoms with E-state index in [-0.39, 0.29) is 89.8 Å². The predicted molar refractivity (Wildman–Crippen MR) is 194 cm³/mol. The van der Waals surface area contributed by atoms with E-state index >= 15 is 0 Å². The molecule has 0 aliphatic heterocycles. The minimum atomic E-state index is -0.900. The number of benzene rings is 1. The van der Waals surface area contributed by atoms with Gasteiger partial charge in [-0.15, -0.1) is 0 Å². The van der Waals surface area contributed by atoms with E-state index in [0.717, 1.165) is 11.8 Å². The summed E-state index contributed by atoms with van der Waals surface area (Å²) in [4.78, 5) is 57.5. The Hall–Kier alpha value is -1.99. The molecule has 51 heavy (non-hydrogen) atoms. The maximum atomic E-state index is 12.9. The molecular weight excluding hydrogens is 690 g/mol. The van der Waals surface area contributed by atoms with Crippen LogP contribution in [0.3, 0.4) is 0 Å². The third-order valence-corrected chi connectivity index (χ3v) is 5.50. The van der Waals surface area contributed by atoms with Crippen molar-refractivity contribution in [3.8, 4) is 0 Å². The number of anilines is 1. The largest absolute Gasteiger partial charge is 1.00 e. The summed E-state index contributed by atoms with van der Waals surface area (Å²) in [5.74, 6) is -1.35. The van der Waals surface area contributed by atoms with Crippen molar-refractivity contribution in [3.05, 3.63) is 36.8 Å². The second kappa shape index (κ2) is 44.2. The first-order chi connectivity index (χ1) is 24.2. The molecule has 290 valence electrons. The number of nitrogens with two attached hydrogens (primary N) is 1. The van der Waals surface area contributed by atoms with Gasteiger partial charge in [0.25, 0.3) is 0 Å². The van der Waals surface area contributed by atoms with Crippen LogP contribution in [0.15, 0.2) is 24.3 Å². The maximum Gasteiger partial charge on any atom is 1.00 e. The molecular formula is C35H64KN5O10. The van der Waals surface area contributed by atoms with Crippen molar-refractivity contribution < 1.29 is 99.0 Å². The van der Waals surface area contributed by atoms with Crippen LogP contribution in [0.5, 0.6) is 0 Å². The molecule has 15 nitrogen and oxygen atoms in total. The van der Waals surface area contributed by atoms with Crippen LogP contribution < -0.4 is 78.4 Å². The number of carbonyl (C=O) groups excluding carboxylic acids is 5. The van der Waals surface area contributed by atoms with E-state index in [2.05, 4.69) is 42.0 Å². The van der Waals surface area contributed by atoms with E-state index < -0.39 is 23.9 Å². The summed E-state index contributed by atoms with van der Waals surface area (Å²) in [5, 5.41) is 10.3. The molecule has 1 unspecified atom stereocenters. The topological polar surface area (TPSA) is 206 Å². The Balaban J connectivity index is -0.000000993. The Labute approximate surface area is 348 Å². The third kappa shape index (κ3) is 40.6. The van der Waals surface area contributed by atoms with Gasteiger partial charge in [0.15, 0.2) is 0 Å². The fraction of sp³-hybridized carbons (Fsp3) is 0.657. The fourth-order valence-corrected chi connectivity index (χ4v) is 3.31. The molecule has 1 atom stereocenters. The number of amides is 5. The van der Waals surface area contributed by atoms with Crippen LogP contribution in [0.1, 0.15) is 72.3 Å². The Bertz CT molecular complexity index is 975. The number of hydrogen-bond acceptors (Lipinski definition) is 10.